The van der Waals surface area contributed by atoms with Gasteiger partial charge in [-0.15, -0.1) is 0 Å². The predicted octanol–water partition coefficient (Wildman–Crippen LogP) is 5.13. The second-order valence-electron chi connectivity index (χ2n) is 3.23. The SMILES string of the molecule is CC.CC.CC.Cn1ccc2cnc3[nH]ccc3c21. The highest BCUT2D eigenvalue weighted by Crippen LogP contribution is 2.22. The molecule has 0 saturated carbocycles. The van der Waals surface area contributed by atoms with Crippen molar-refractivity contribution >= 4 is 21.9 Å². The number of hydrogen-bond acceptors (Lipinski definition) is 1. The second kappa shape index (κ2) is 9.20. The van der Waals surface area contributed by atoms with Crippen molar-refractivity contribution in [3.8, 4) is 0 Å². The summed E-state index contributed by atoms with van der Waals surface area (Å²) in [6.45, 7) is 12.0. The van der Waals surface area contributed by atoms with Crippen LogP contribution >= 0.6 is 0 Å². The van der Waals surface area contributed by atoms with Gasteiger partial charge >= 0.3 is 0 Å². The Kier molecular flexibility index (Phi) is 8.34. The first-order chi connectivity index (χ1) is 9.36. The molecule has 1 N–H and O–H groups in total. The maximum Gasteiger partial charge on any atom is 0.139 e. The highest BCUT2D eigenvalue weighted by atomic mass is 14.9. The van der Waals surface area contributed by atoms with Crippen molar-refractivity contribution in [2.45, 2.75) is 41.5 Å². The van der Waals surface area contributed by atoms with Gasteiger partial charge in [0.15, 0.2) is 0 Å². The Bertz CT molecular complexity index is 576. The monoisotopic (exact) mass is 261 g/mol. The van der Waals surface area contributed by atoms with Crippen LogP contribution in [0.3, 0.4) is 0 Å². The molecule has 0 atom stereocenters. The van der Waals surface area contributed by atoms with E-state index >= 15 is 0 Å². The zero-order chi connectivity index (χ0) is 14.8. The van der Waals surface area contributed by atoms with E-state index in [1.165, 1.54) is 16.3 Å². The Morgan fingerprint density at radius 1 is 1.00 bits per heavy atom. The Hall–Kier alpha value is -1.77. The first-order valence-electron chi connectivity index (χ1n) is 7.23. The van der Waals surface area contributed by atoms with Gasteiger partial charge in [-0.05, 0) is 12.1 Å². The highest BCUT2D eigenvalue weighted by Gasteiger charge is 2.04. The van der Waals surface area contributed by atoms with Crippen molar-refractivity contribution in [3.63, 3.8) is 0 Å². The Balaban J connectivity index is 0.000000482. The van der Waals surface area contributed by atoms with Crippen molar-refractivity contribution in [1.82, 2.24) is 14.5 Å². The van der Waals surface area contributed by atoms with Crippen molar-refractivity contribution < 1.29 is 0 Å². The van der Waals surface area contributed by atoms with E-state index in [4.69, 9.17) is 0 Å². The number of aryl methyl sites for hydroxylation is 1. The van der Waals surface area contributed by atoms with E-state index in [2.05, 4.69) is 39.9 Å². The smallest absolute Gasteiger partial charge is 0.139 e. The molecular formula is C16H27N3. The van der Waals surface area contributed by atoms with Crippen LogP contribution in [0, 0.1) is 0 Å². The van der Waals surface area contributed by atoms with Gasteiger partial charge in [-0.1, -0.05) is 41.5 Å². The Morgan fingerprint density at radius 3 is 2.26 bits per heavy atom. The molecule has 19 heavy (non-hydrogen) atoms. The average Bonchev–Trinajstić information content (AvgIpc) is 3.11. The van der Waals surface area contributed by atoms with E-state index in [9.17, 15) is 0 Å². The van der Waals surface area contributed by atoms with Gasteiger partial charge < -0.3 is 9.55 Å². The second-order valence-corrected chi connectivity index (χ2v) is 3.23. The van der Waals surface area contributed by atoms with Crippen LogP contribution in [-0.2, 0) is 7.05 Å². The molecule has 3 rings (SSSR count). The third-order valence-electron chi connectivity index (χ3n) is 2.42. The normalized spacial score (nSPS) is 8.79. The summed E-state index contributed by atoms with van der Waals surface area (Å²) in [6.07, 6.45) is 5.87. The number of nitrogens with zero attached hydrogens (tertiary/aromatic N) is 2. The number of nitrogens with one attached hydrogen (secondary N) is 1. The minimum absolute atomic E-state index is 0.953. The molecular weight excluding hydrogens is 234 g/mol. The zero-order valence-electron chi connectivity index (χ0n) is 13.3. The molecule has 0 spiro atoms. The molecule has 0 saturated heterocycles. The van der Waals surface area contributed by atoms with Crippen LogP contribution in [0.5, 0.6) is 0 Å². The summed E-state index contributed by atoms with van der Waals surface area (Å²) in [4.78, 5) is 7.42. The quantitative estimate of drug-likeness (QED) is 0.597. The maximum absolute atomic E-state index is 4.31. The number of fused-ring (bicyclic) bond motifs is 3. The molecule has 3 aromatic rings. The molecule has 3 nitrogen and oxygen atoms in total. The van der Waals surface area contributed by atoms with E-state index < -0.39 is 0 Å². The summed E-state index contributed by atoms with van der Waals surface area (Å²) < 4.78 is 2.12. The molecule has 106 valence electrons. The third-order valence-corrected chi connectivity index (χ3v) is 2.42. The molecule has 0 aliphatic carbocycles. The van der Waals surface area contributed by atoms with Gasteiger partial charge in [0.2, 0.25) is 0 Å². The van der Waals surface area contributed by atoms with Crippen LogP contribution in [0.25, 0.3) is 21.9 Å². The van der Waals surface area contributed by atoms with Gasteiger partial charge in [-0.25, -0.2) is 4.98 Å². The molecule has 0 bridgehead atoms. The lowest BCUT2D eigenvalue weighted by atomic mass is 10.2. The van der Waals surface area contributed by atoms with E-state index in [1.807, 2.05) is 53.9 Å². The fourth-order valence-electron chi connectivity index (χ4n) is 1.79. The summed E-state index contributed by atoms with van der Waals surface area (Å²) in [5.74, 6) is 0. The van der Waals surface area contributed by atoms with Crippen molar-refractivity contribution in [2.24, 2.45) is 7.05 Å². The Labute approximate surface area is 116 Å². The predicted molar refractivity (Wildman–Crippen MR) is 86.6 cm³/mol. The highest BCUT2D eigenvalue weighted by molar-refractivity contribution is 6.02. The van der Waals surface area contributed by atoms with Gasteiger partial charge in [0, 0.05) is 36.4 Å². The van der Waals surface area contributed by atoms with Gasteiger partial charge in [-0.2, -0.15) is 0 Å². The number of rotatable bonds is 0. The minimum Gasteiger partial charge on any atom is -0.350 e. The van der Waals surface area contributed by atoms with Gasteiger partial charge in [-0.3, -0.25) is 0 Å². The van der Waals surface area contributed by atoms with E-state index in [1.54, 1.807) is 0 Å². The summed E-state index contributed by atoms with van der Waals surface area (Å²) >= 11 is 0. The number of pyridine rings is 1. The van der Waals surface area contributed by atoms with E-state index in [0.717, 1.165) is 5.65 Å². The molecule has 3 aromatic heterocycles. The fourth-order valence-corrected chi connectivity index (χ4v) is 1.79. The lowest BCUT2D eigenvalue weighted by Gasteiger charge is -1.96. The molecule has 0 radical (unpaired) electrons. The molecule has 0 amide bonds. The van der Waals surface area contributed by atoms with Gasteiger partial charge in [0.1, 0.15) is 5.65 Å². The van der Waals surface area contributed by atoms with Crippen molar-refractivity contribution in [3.05, 3.63) is 30.7 Å². The lowest BCUT2D eigenvalue weighted by Crippen LogP contribution is -1.85. The van der Waals surface area contributed by atoms with Gasteiger partial charge in [0.05, 0.1) is 5.52 Å². The molecule has 0 aromatic carbocycles. The van der Waals surface area contributed by atoms with Crippen LogP contribution in [0.1, 0.15) is 41.5 Å². The number of H-pyrrole nitrogens is 1. The molecule has 3 heterocycles. The van der Waals surface area contributed by atoms with E-state index in [-0.39, 0.29) is 0 Å². The molecule has 0 fully saturated rings. The zero-order valence-corrected chi connectivity index (χ0v) is 13.3. The van der Waals surface area contributed by atoms with Crippen molar-refractivity contribution in [1.29, 1.82) is 0 Å². The topological polar surface area (TPSA) is 33.6 Å². The van der Waals surface area contributed by atoms with Crippen LogP contribution in [0.15, 0.2) is 30.7 Å². The minimum atomic E-state index is 0.953. The largest absolute Gasteiger partial charge is 0.350 e. The molecule has 0 unspecified atom stereocenters. The fraction of sp³-hybridized carbons (Fsp3) is 0.438. The molecule has 3 heteroatoms. The standard InChI is InChI=1S/C10H9N3.3C2H6/c1-13-5-3-7-6-12-10-8(9(7)13)2-4-11-10;3*1-2/h2-6H,1H3,(H,11,12);3*1-2H3. The molecule has 0 aliphatic rings. The van der Waals surface area contributed by atoms with Crippen LogP contribution in [0.2, 0.25) is 0 Å². The van der Waals surface area contributed by atoms with Crippen molar-refractivity contribution in [2.75, 3.05) is 0 Å². The maximum atomic E-state index is 4.31. The average molecular weight is 261 g/mol. The van der Waals surface area contributed by atoms with Gasteiger partial charge in [0.25, 0.3) is 0 Å². The van der Waals surface area contributed by atoms with Crippen LogP contribution in [-0.4, -0.2) is 14.5 Å². The first-order valence-corrected chi connectivity index (χ1v) is 7.23. The molecule has 0 aliphatic heterocycles. The lowest BCUT2D eigenvalue weighted by molar-refractivity contribution is 0.973. The Morgan fingerprint density at radius 2 is 1.63 bits per heavy atom. The third kappa shape index (κ3) is 3.60. The van der Waals surface area contributed by atoms with E-state index in [0.29, 0.717) is 0 Å². The summed E-state index contributed by atoms with van der Waals surface area (Å²) in [7, 11) is 2.05. The van der Waals surface area contributed by atoms with Crippen LogP contribution in [0.4, 0.5) is 0 Å². The first kappa shape index (κ1) is 17.2. The number of aromatic nitrogens is 3. The summed E-state index contributed by atoms with van der Waals surface area (Å²) in [5, 5.41) is 2.37. The number of hydrogen-bond donors (Lipinski definition) is 1. The summed E-state index contributed by atoms with van der Waals surface area (Å²) in [5.41, 5.74) is 2.19. The summed E-state index contributed by atoms with van der Waals surface area (Å²) in [6, 6.07) is 4.14. The van der Waals surface area contributed by atoms with Crippen LogP contribution < -0.4 is 0 Å². The number of aromatic amines is 1.